The molecule has 0 aliphatic rings. The lowest BCUT2D eigenvalue weighted by Crippen LogP contribution is -1.84. The van der Waals surface area contributed by atoms with E-state index in [-0.39, 0.29) is 0 Å². The van der Waals surface area contributed by atoms with Crippen LogP contribution in [0.5, 0.6) is 0 Å². The maximum atomic E-state index is 3.77. The molecule has 5 aromatic rings. The Kier molecular flexibility index (Phi) is 4.24. The zero-order valence-corrected chi connectivity index (χ0v) is 16.2. The molecule has 0 unspecified atom stereocenters. The molecule has 0 saturated heterocycles. The lowest BCUT2D eigenvalue weighted by Gasteiger charge is -2.09. The van der Waals surface area contributed by atoms with Gasteiger partial charge in [-0.3, -0.25) is 0 Å². The first kappa shape index (κ1) is 16.3. The summed E-state index contributed by atoms with van der Waals surface area (Å²) >= 11 is 3.54. The topological polar surface area (TPSA) is 15.8 Å². The molecule has 27 heavy (non-hydrogen) atoms. The fourth-order valence-corrected chi connectivity index (χ4v) is 4.96. The second kappa shape index (κ2) is 7.03. The normalized spacial score (nSPS) is 11.0. The number of aromatic nitrogens is 1. The van der Waals surface area contributed by atoms with Crippen LogP contribution in [-0.2, 0) is 0 Å². The molecule has 3 heteroatoms. The van der Waals surface area contributed by atoms with Crippen LogP contribution in [0.1, 0.15) is 0 Å². The summed E-state index contributed by atoms with van der Waals surface area (Å²) in [6.07, 6.45) is 0. The predicted molar refractivity (Wildman–Crippen MR) is 118 cm³/mol. The van der Waals surface area contributed by atoms with E-state index >= 15 is 0 Å². The van der Waals surface area contributed by atoms with Crippen LogP contribution in [0.25, 0.3) is 43.4 Å². The molecule has 130 valence electrons. The van der Waals surface area contributed by atoms with Crippen molar-refractivity contribution in [3.8, 4) is 43.4 Å². The van der Waals surface area contributed by atoms with Crippen molar-refractivity contribution in [2.24, 2.45) is 0 Å². The highest BCUT2D eigenvalue weighted by Crippen LogP contribution is 2.47. The third-order valence-electron chi connectivity index (χ3n) is 4.66. The van der Waals surface area contributed by atoms with Crippen LogP contribution in [0.3, 0.4) is 0 Å². The van der Waals surface area contributed by atoms with Crippen LogP contribution in [0.2, 0.25) is 0 Å². The molecule has 0 aliphatic heterocycles. The van der Waals surface area contributed by atoms with Crippen molar-refractivity contribution < 1.29 is 0 Å². The van der Waals surface area contributed by atoms with Gasteiger partial charge in [-0.05, 0) is 34.0 Å². The van der Waals surface area contributed by atoms with Gasteiger partial charge in [0.25, 0.3) is 0 Å². The Hall–Kier alpha value is -2.88. The van der Waals surface area contributed by atoms with E-state index in [1.165, 1.54) is 43.4 Å². The van der Waals surface area contributed by atoms with Crippen molar-refractivity contribution in [2.45, 2.75) is 0 Å². The van der Waals surface area contributed by atoms with Gasteiger partial charge in [0.1, 0.15) is 0 Å². The van der Waals surface area contributed by atoms with Crippen LogP contribution < -0.4 is 0 Å². The van der Waals surface area contributed by atoms with Gasteiger partial charge in [-0.25, -0.2) is 0 Å². The van der Waals surface area contributed by atoms with E-state index in [1.54, 1.807) is 22.7 Å². The van der Waals surface area contributed by atoms with Crippen LogP contribution in [0, 0.1) is 0 Å². The molecule has 5 rings (SSSR count). The van der Waals surface area contributed by atoms with Gasteiger partial charge < -0.3 is 4.98 Å². The molecular weight excluding hydrogens is 366 g/mol. The number of benzene rings is 2. The minimum Gasteiger partial charge on any atom is -0.352 e. The molecule has 1 N–H and O–H groups in total. The number of nitrogens with one attached hydrogen (secondary N) is 1. The molecule has 0 fully saturated rings. The van der Waals surface area contributed by atoms with Gasteiger partial charge in [-0.2, -0.15) is 0 Å². The van der Waals surface area contributed by atoms with Crippen molar-refractivity contribution in [3.63, 3.8) is 0 Å². The number of thiophene rings is 2. The van der Waals surface area contributed by atoms with Crippen LogP contribution in [0.15, 0.2) is 95.7 Å². The van der Waals surface area contributed by atoms with Gasteiger partial charge in [0.05, 0.1) is 21.1 Å². The lowest BCUT2D eigenvalue weighted by atomic mass is 9.94. The minimum atomic E-state index is 1.19. The number of aromatic amines is 1. The van der Waals surface area contributed by atoms with Crippen molar-refractivity contribution in [1.82, 2.24) is 4.98 Å². The highest BCUT2D eigenvalue weighted by atomic mass is 32.1. The van der Waals surface area contributed by atoms with Crippen molar-refractivity contribution >= 4 is 22.7 Å². The molecule has 2 aromatic carbocycles. The molecule has 0 bridgehead atoms. The minimum absolute atomic E-state index is 1.19. The molecule has 0 spiro atoms. The quantitative estimate of drug-likeness (QED) is 0.326. The van der Waals surface area contributed by atoms with Crippen LogP contribution >= 0.6 is 22.7 Å². The van der Waals surface area contributed by atoms with E-state index < -0.39 is 0 Å². The van der Waals surface area contributed by atoms with Crippen molar-refractivity contribution in [1.29, 1.82) is 0 Å². The van der Waals surface area contributed by atoms with E-state index in [4.69, 9.17) is 0 Å². The fraction of sp³-hybridized carbons (Fsp3) is 0. The highest BCUT2D eigenvalue weighted by molar-refractivity contribution is 7.14. The third kappa shape index (κ3) is 2.95. The molecule has 0 radical (unpaired) electrons. The third-order valence-corrected chi connectivity index (χ3v) is 6.43. The van der Waals surface area contributed by atoms with Gasteiger partial charge in [-0.15, -0.1) is 22.7 Å². The maximum absolute atomic E-state index is 3.77. The zero-order chi connectivity index (χ0) is 18.1. The zero-order valence-electron chi connectivity index (χ0n) is 14.6. The van der Waals surface area contributed by atoms with E-state index in [1.807, 2.05) is 0 Å². The monoisotopic (exact) mass is 383 g/mol. The summed E-state index contributed by atoms with van der Waals surface area (Å²) in [4.78, 5) is 6.29. The van der Waals surface area contributed by atoms with E-state index in [9.17, 15) is 0 Å². The van der Waals surface area contributed by atoms with E-state index in [2.05, 4.69) is 101 Å². The Labute approximate surface area is 166 Å². The number of H-pyrrole nitrogens is 1. The van der Waals surface area contributed by atoms with Gasteiger partial charge in [-0.1, -0.05) is 72.8 Å². The second-order valence-electron chi connectivity index (χ2n) is 6.31. The van der Waals surface area contributed by atoms with Gasteiger partial charge in [0.15, 0.2) is 0 Å². The predicted octanol–water partition coefficient (Wildman–Crippen LogP) is 7.81. The summed E-state index contributed by atoms with van der Waals surface area (Å²) in [5.41, 5.74) is 7.40. The summed E-state index contributed by atoms with van der Waals surface area (Å²) in [5.74, 6) is 0. The molecule has 1 nitrogen and oxygen atoms in total. The Bertz CT molecular complexity index is 1040. The van der Waals surface area contributed by atoms with Gasteiger partial charge in [0, 0.05) is 11.1 Å². The van der Waals surface area contributed by atoms with E-state index in [0.717, 1.165) is 0 Å². The summed E-state index contributed by atoms with van der Waals surface area (Å²) in [7, 11) is 0. The van der Waals surface area contributed by atoms with Gasteiger partial charge >= 0.3 is 0 Å². The number of hydrogen-bond donors (Lipinski definition) is 1. The molecule has 0 aliphatic carbocycles. The number of hydrogen-bond acceptors (Lipinski definition) is 2. The first-order valence-corrected chi connectivity index (χ1v) is 10.6. The Morgan fingerprint density at radius 1 is 0.481 bits per heavy atom. The molecular formula is C24H17NS2. The Morgan fingerprint density at radius 3 is 1.30 bits per heavy atom. The fourth-order valence-electron chi connectivity index (χ4n) is 3.50. The second-order valence-corrected chi connectivity index (χ2v) is 8.21. The summed E-state index contributed by atoms with van der Waals surface area (Å²) < 4.78 is 0. The summed E-state index contributed by atoms with van der Waals surface area (Å²) in [6.45, 7) is 0. The molecule has 0 atom stereocenters. The van der Waals surface area contributed by atoms with Crippen LogP contribution in [-0.4, -0.2) is 4.98 Å². The van der Waals surface area contributed by atoms with Crippen molar-refractivity contribution in [2.75, 3.05) is 0 Å². The first-order chi connectivity index (χ1) is 13.4. The highest BCUT2D eigenvalue weighted by Gasteiger charge is 2.23. The molecule has 3 heterocycles. The van der Waals surface area contributed by atoms with Gasteiger partial charge in [0.2, 0.25) is 0 Å². The van der Waals surface area contributed by atoms with Crippen LogP contribution in [0.4, 0.5) is 0 Å². The van der Waals surface area contributed by atoms with Crippen molar-refractivity contribution in [3.05, 3.63) is 95.7 Å². The maximum Gasteiger partial charge on any atom is 0.0646 e. The Balaban J connectivity index is 1.89. The average molecular weight is 384 g/mol. The van der Waals surface area contributed by atoms with E-state index in [0.29, 0.717) is 0 Å². The smallest absolute Gasteiger partial charge is 0.0646 e. The summed E-state index contributed by atoms with van der Waals surface area (Å²) in [5, 5.41) is 4.27. The Morgan fingerprint density at radius 2 is 0.926 bits per heavy atom. The molecule has 0 saturated carbocycles. The average Bonchev–Trinajstić information content (AvgIpc) is 3.49. The standard InChI is InChI=1S/C24H17NS2/c1-3-9-17(10-4-1)21-22(18-11-5-2-6-12-18)24(20-14-8-16-27-20)25-23(21)19-13-7-15-26-19/h1-16,25H. The number of rotatable bonds is 4. The first-order valence-electron chi connectivity index (χ1n) is 8.86. The summed E-state index contributed by atoms with van der Waals surface area (Å²) in [6, 6.07) is 30.0. The largest absolute Gasteiger partial charge is 0.352 e. The molecule has 0 amide bonds. The molecule has 3 aromatic heterocycles. The lowest BCUT2D eigenvalue weighted by molar-refractivity contribution is 1.42. The SMILES string of the molecule is c1ccc(-c2c(-c3cccs3)[nH]c(-c3cccs3)c2-c2ccccc2)cc1.